The van der Waals surface area contributed by atoms with E-state index in [-0.39, 0.29) is 17.4 Å². The SMILES string of the molecule is Cc1nc(-c2cccc(NC(=O)COc3ccc(S(=O)(=O)N4CCOCC4)cc3C)c2)cs1. The van der Waals surface area contributed by atoms with Crippen LogP contribution in [0.1, 0.15) is 10.6 Å². The summed E-state index contributed by atoms with van der Waals surface area (Å²) in [6.07, 6.45) is 0. The summed E-state index contributed by atoms with van der Waals surface area (Å²) >= 11 is 1.57. The fourth-order valence-electron chi connectivity index (χ4n) is 3.47. The van der Waals surface area contributed by atoms with Gasteiger partial charge in [-0.15, -0.1) is 11.3 Å². The highest BCUT2D eigenvalue weighted by atomic mass is 32.2. The predicted molar refractivity (Wildman–Crippen MR) is 127 cm³/mol. The fourth-order valence-corrected chi connectivity index (χ4v) is 5.59. The number of amides is 1. The Morgan fingerprint density at radius 3 is 2.67 bits per heavy atom. The van der Waals surface area contributed by atoms with Gasteiger partial charge in [-0.1, -0.05) is 12.1 Å². The molecule has 1 aromatic heterocycles. The normalized spacial score (nSPS) is 14.7. The summed E-state index contributed by atoms with van der Waals surface area (Å²) in [6.45, 7) is 4.96. The number of sulfonamides is 1. The van der Waals surface area contributed by atoms with Gasteiger partial charge in [-0.2, -0.15) is 4.31 Å². The van der Waals surface area contributed by atoms with Crippen molar-refractivity contribution in [1.82, 2.24) is 9.29 Å². The zero-order valence-electron chi connectivity index (χ0n) is 18.4. The Kier molecular flexibility index (Phi) is 7.08. The van der Waals surface area contributed by atoms with E-state index in [0.717, 1.165) is 16.3 Å². The van der Waals surface area contributed by atoms with Crippen LogP contribution in [-0.2, 0) is 19.6 Å². The minimum Gasteiger partial charge on any atom is -0.483 e. The number of hydrogen-bond donors (Lipinski definition) is 1. The summed E-state index contributed by atoms with van der Waals surface area (Å²) in [5.41, 5.74) is 3.08. The largest absolute Gasteiger partial charge is 0.483 e. The van der Waals surface area contributed by atoms with Crippen molar-refractivity contribution in [2.24, 2.45) is 0 Å². The van der Waals surface area contributed by atoms with Crippen LogP contribution in [0.4, 0.5) is 5.69 Å². The van der Waals surface area contributed by atoms with E-state index in [9.17, 15) is 13.2 Å². The second-order valence-electron chi connectivity index (χ2n) is 7.61. The molecule has 4 rings (SSSR count). The van der Waals surface area contributed by atoms with Crippen LogP contribution in [0.5, 0.6) is 5.75 Å². The first-order valence-corrected chi connectivity index (χ1v) is 12.8. The second kappa shape index (κ2) is 10.0. The van der Waals surface area contributed by atoms with Crippen LogP contribution in [0.3, 0.4) is 0 Å². The molecule has 3 aromatic rings. The number of aryl methyl sites for hydroxylation is 2. The number of ether oxygens (including phenoxy) is 2. The van der Waals surface area contributed by atoms with E-state index in [0.29, 0.717) is 43.3 Å². The predicted octanol–water partition coefficient (Wildman–Crippen LogP) is 3.47. The van der Waals surface area contributed by atoms with E-state index in [2.05, 4.69) is 10.3 Å². The number of nitrogens with zero attached hydrogens (tertiary/aromatic N) is 2. The number of aromatic nitrogens is 1. The number of hydrogen-bond acceptors (Lipinski definition) is 7. The minimum absolute atomic E-state index is 0.198. The van der Waals surface area contributed by atoms with Gasteiger partial charge in [0.25, 0.3) is 5.91 Å². The van der Waals surface area contributed by atoms with Gasteiger partial charge in [0.15, 0.2) is 6.61 Å². The molecule has 1 aliphatic heterocycles. The molecule has 1 N–H and O–H groups in total. The molecule has 0 atom stereocenters. The van der Waals surface area contributed by atoms with E-state index >= 15 is 0 Å². The van der Waals surface area contributed by atoms with Gasteiger partial charge in [-0.3, -0.25) is 4.79 Å². The molecule has 1 fully saturated rings. The van der Waals surface area contributed by atoms with E-state index in [4.69, 9.17) is 9.47 Å². The molecule has 0 saturated carbocycles. The van der Waals surface area contributed by atoms with Crippen molar-refractivity contribution in [3.63, 3.8) is 0 Å². The van der Waals surface area contributed by atoms with Crippen LogP contribution in [0.25, 0.3) is 11.3 Å². The van der Waals surface area contributed by atoms with Crippen LogP contribution < -0.4 is 10.1 Å². The molecule has 2 aromatic carbocycles. The molecule has 0 unspecified atom stereocenters. The van der Waals surface area contributed by atoms with Crippen molar-refractivity contribution in [3.8, 4) is 17.0 Å². The van der Waals surface area contributed by atoms with Crippen LogP contribution in [0.2, 0.25) is 0 Å². The molecule has 1 saturated heterocycles. The number of carbonyl (C=O) groups is 1. The third-order valence-corrected chi connectivity index (χ3v) is 7.84. The third kappa shape index (κ3) is 5.59. The maximum Gasteiger partial charge on any atom is 0.262 e. The zero-order chi connectivity index (χ0) is 23.4. The van der Waals surface area contributed by atoms with Crippen molar-refractivity contribution in [2.45, 2.75) is 18.7 Å². The number of benzene rings is 2. The highest BCUT2D eigenvalue weighted by Gasteiger charge is 2.26. The van der Waals surface area contributed by atoms with Gasteiger partial charge in [0, 0.05) is 29.7 Å². The van der Waals surface area contributed by atoms with Crippen molar-refractivity contribution < 1.29 is 22.7 Å². The van der Waals surface area contributed by atoms with Crippen LogP contribution in [0, 0.1) is 13.8 Å². The first kappa shape index (κ1) is 23.4. The first-order valence-electron chi connectivity index (χ1n) is 10.5. The fraction of sp³-hybridized carbons (Fsp3) is 0.304. The quantitative estimate of drug-likeness (QED) is 0.548. The van der Waals surface area contributed by atoms with Gasteiger partial charge in [0.05, 0.1) is 28.8 Å². The molecule has 0 radical (unpaired) electrons. The Morgan fingerprint density at radius 2 is 1.97 bits per heavy atom. The Bertz CT molecular complexity index is 1250. The molecular formula is C23H25N3O5S2. The van der Waals surface area contributed by atoms with Crippen LogP contribution in [0.15, 0.2) is 52.7 Å². The smallest absolute Gasteiger partial charge is 0.262 e. The number of anilines is 1. The van der Waals surface area contributed by atoms with E-state index < -0.39 is 10.0 Å². The second-order valence-corrected chi connectivity index (χ2v) is 10.6. The average molecular weight is 488 g/mol. The molecule has 1 aliphatic rings. The summed E-state index contributed by atoms with van der Waals surface area (Å²) in [7, 11) is -3.58. The maximum absolute atomic E-state index is 12.8. The van der Waals surface area contributed by atoms with Gasteiger partial charge in [0.2, 0.25) is 10.0 Å². The molecule has 1 amide bonds. The number of carbonyl (C=O) groups excluding carboxylic acids is 1. The lowest BCUT2D eigenvalue weighted by Crippen LogP contribution is -2.40. The van der Waals surface area contributed by atoms with Gasteiger partial charge < -0.3 is 14.8 Å². The molecule has 2 heterocycles. The summed E-state index contributed by atoms with van der Waals surface area (Å²) < 4.78 is 37.9. The summed E-state index contributed by atoms with van der Waals surface area (Å²) in [6, 6.07) is 12.1. The van der Waals surface area contributed by atoms with Crippen molar-refractivity contribution in [3.05, 3.63) is 58.4 Å². The van der Waals surface area contributed by atoms with Crippen molar-refractivity contribution in [2.75, 3.05) is 38.2 Å². The molecule has 174 valence electrons. The minimum atomic E-state index is -3.58. The number of morpholine rings is 1. The van der Waals surface area contributed by atoms with E-state index in [1.807, 2.05) is 30.5 Å². The standard InChI is InChI=1S/C23H25N3O5S2/c1-16-12-20(33(28,29)26-8-10-30-11-9-26)6-7-22(16)31-14-23(27)25-19-5-3-4-18(13-19)21-15-32-17(2)24-21/h3-7,12-13,15H,8-11,14H2,1-2H3,(H,25,27). The van der Waals surface area contributed by atoms with E-state index in [1.54, 1.807) is 36.5 Å². The van der Waals surface area contributed by atoms with E-state index in [1.165, 1.54) is 10.4 Å². The number of rotatable bonds is 7. The van der Waals surface area contributed by atoms with Crippen LogP contribution >= 0.6 is 11.3 Å². The summed E-state index contributed by atoms with van der Waals surface area (Å²) in [4.78, 5) is 17.1. The molecule has 33 heavy (non-hydrogen) atoms. The summed E-state index contributed by atoms with van der Waals surface area (Å²) in [5, 5.41) is 5.78. The molecule has 8 nitrogen and oxygen atoms in total. The molecule has 0 aliphatic carbocycles. The highest BCUT2D eigenvalue weighted by molar-refractivity contribution is 7.89. The number of thiazole rings is 1. The Morgan fingerprint density at radius 1 is 1.18 bits per heavy atom. The van der Waals surface area contributed by atoms with Gasteiger partial charge >= 0.3 is 0 Å². The lowest BCUT2D eigenvalue weighted by atomic mass is 10.1. The average Bonchev–Trinajstić information content (AvgIpc) is 3.25. The van der Waals surface area contributed by atoms with Crippen molar-refractivity contribution >= 4 is 33.0 Å². The Hall–Kier alpha value is -2.79. The highest BCUT2D eigenvalue weighted by Crippen LogP contribution is 2.26. The maximum atomic E-state index is 12.8. The molecule has 0 spiro atoms. The van der Waals surface area contributed by atoms with Gasteiger partial charge in [0.1, 0.15) is 5.75 Å². The Labute approximate surface area is 197 Å². The lowest BCUT2D eigenvalue weighted by Gasteiger charge is -2.26. The lowest BCUT2D eigenvalue weighted by molar-refractivity contribution is -0.118. The molecule has 10 heteroatoms. The number of nitrogens with one attached hydrogen (secondary N) is 1. The summed E-state index contributed by atoms with van der Waals surface area (Å²) in [5.74, 6) is 0.142. The van der Waals surface area contributed by atoms with Gasteiger partial charge in [-0.05, 0) is 49.7 Å². The molecule has 0 bridgehead atoms. The Balaban J connectivity index is 1.38. The monoisotopic (exact) mass is 487 g/mol. The topological polar surface area (TPSA) is 97.8 Å². The van der Waals surface area contributed by atoms with Gasteiger partial charge in [-0.25, -0.2) is 13.4 Å². The molecular weight excluding hydrogens is 462 g/mol. The first-order chi connectivity index (χ1) is 15.8. The zero-order valence-corrected chi connectivity index (χ0v) is 20.0. The van der Waals surface area contributed by atoms with Crippen molar-refractivity contribution in [1.29, 1.82) is 0 Å². The van der Waals surface area contributed by atoms with Crippen LogP contribution in [-0.4, -0.2) is 56.5 Å². The third-order valence-electron chi connectivity index (χ3n) is 5.17.